The molecule has 34 heavy (non-hydrogen) atoms. The number of hydrogen-bond acceptors (Lipinski definition) is 4. The molecule has 0 saturated carbocycles. The molecular weight excluding hydrogens is 448 g/mol. The van der Waals surface area contributed by atoms with Crippen LogP contribution in [-0.4, -0.2) is 46.0 Å². The number of anilines is 1. The van der Waals surface area contributed by atoms with Crippen molar-refractivity contribution in [1.29, 1.82) is 0 Å². The molecule has 1 heterocycles. The van der Waals surface area contributed by atoms with E-state index in [-0.39, 0.29) is 17.4 Å². The van der Waals surface area contributed by atoms with E-state index in [0.717, 1.165) is 32.4 Å². The zero-order valence-corrected chi connectivity index (χ0v) is 20.2. The number of amides is 1. The molecule has 0 unspecified atom stereocenters. The molecule has 178 valence electrons. The largest absolute Gasteiger partial charge is 0.484 e. The molecule has 1 fully saturated rings. The van der Waals surface area contributed by atoms with E-state index in [2.05, 4.69) is 24.3 Å². The Morgan fingerprint density at radius 3 is 2.12 bits per heavy atom. The number of nitrogens with zero attached hydrogens (tertiary/aromatic N) is 2. The summed E-state index contributed by atoms with van der Waals surface area (Å²) in [4.78, 5) is 14.7. The van der Waals surface area contributed by atoms with E-state index in [9.17, 15) is 13.2 Å². The summed E-state index contributed by atoms with van der Waals surface area (Å²) in [5.41, 5.74) is 1.87. The standard InChI is InChI=1S/C27H30N2O4S/c1-28(34(31,32)26-10-6-3-7-11-26)24-12-14-25(15-13-24)33-21-27(30)29-18-16-23(17-19-29)20-22-8-4-2-5-9-22/h2-15,23H,16-21H2,1H3. The van der Waals surface area contributed by atoms with Crippen LogP contribution in [0.15, 0.2) is 89.8 Å². The Hall–Kier alpha value is -3.32. The van der Waals surface area contributed by atoms with E-state index in [1.165, 1.54) is 16.9 Å². The molecule has 0 aliphatic carbocycles. The first-order valence-electron chi connectivity index (χ1n) is 11.5. The Balaban J connectivity index is 1.26. The summed E-state index contributed by atoms with van der Waals surface area (Å²) in [6.07, 6.45) is 3.05. The second-order valence-electron chi connectivity index (χ2n) is 8.58. The lowest BCUT2D eigenvalue weighted by atomic mass is 9.90. The SMILES string of the molecule is CN(c1ccc(OCC(=O)N2CCC(Cc3ccccc3)CC2)cc1)S(=O)(=O)c1ccccc1. The van der Waals surface area contributed by atoms with Crippen molar-refractivity contribution < 1.29 is 17.9 Å². The molecular formula is C27H30N2O4S. The maximum absolute atomic E-state index is 12.8. The zero-order valence-electron chi connectivity index (χ0n) is 19.3. The second kappa shape index (κ2) is 10.7. The van der Waals surface area contributed by atoms with Gasteiger partial charge < -0.3 is 9.64 Å². The van der Waals surface area contributed by atoms with Crippen molar-refractivity contribution in [3.8, 4) is 5.75 Å². The molecule has 0 N–H and O–H groups in total. The van der Waals surface area contributed by atoms with Crippen LogP contribution in [0.4, 0.5) is 5.69 Å². The third kappa shape index (κ3) is 5.78. The van der Waals surface area contributed by atoms with Gasteiger partial charge in [0.25, 0.3) is 15.9 Å². The summed E-state index contributed by atoms with van der Waals surface area (Å²) in [6, 6.07) is 25.5. The zero-order chi connectivity index (χ0) is 24.0. The monoisotopic (exact) mass is 478 g/mol. The van der Waals surface area contributed by atoms with Crippen molar-refractivity contribution in [2.75, 3.05) is 31.0 Å². The Labute approximate surface area is 201 Å². The van der Waals surface area contributed by atoms with E-state index < -0.39 is 10.0 Å². The molecule has 0 radical (unpaired) electrons. The van der Waals surface area contributed by atoms with Crippen LogP contribution in [0.3, 0.4) is 0 Å². The van der Waals surface area contributed by atoms with Gasteiger partial charge in [-0.25, -0.2) is 8.42 Å². The molecule has 1 saturated heterocycles. The first kappa shape index (κ1) is 23.8. The number of sulfonamides is 1. The van der Waals surface area contributed by atoms with E-state index in [4.69, 9.17) is 4.74 Å². The maximum Gasteiger partial charge on any atom is 0.264 e. The molecule has 0 bridgehead atoms. The lowest BCUT2D eigenvalue weighted by molar-refractivity contribution is -0.134. The fraction of sp³-hybridized carbons (Fsp3) is 0.296. The number of hydrogen-bond donors (Lipinski definition) is 0. The van der Waals surface area contributed by atoms with Gasteiger partial charge in [-0.2, -0.15) is 0 Å². The smallest absolute Gasteiger partial charge is 0.264 e. The Morgan fingerprint density at radius 1 is 0.912 bits per heavy atom. The summed E-state index contributed by atoms with van der Waals surface area (Å²) < 4.78 is 32.5. The Kier molecular flexibility index (Phi) is 7.53. The summed E-state index contributed by atoms with van der Waals surface area (Å²) >= 11 is 0. The summed E-state index contributed by atoms with van der Waals surface area (Å²) in [7, 11) is -2.12. The summed E-state index contributed by atoms with van der Waals surface area (Å²) in [5.74, 6) is 1.11. The fourth-order valence-corrected chi connectivity index (χ4v) is 5.43. The third-order valence-corrected chi connectivity index (χ3v) is 8.10. The van der Waals surface area contributed by atoms with E-state index in [1.54, 1.807) is 54.6 Å². The maximum atomic E-state index is 12.8. The summed E-state index contributed by atoms with van der Waals surface area (Å²) in [5, 5.41) is 0. The number of carbonyl (C=O) groups is 1. The van der Waals surface area contributed by atoms with Crippen LogP contribution in [0.2, 0.25) is 0 Å². The van der Waals surface area contributed by atoms with Gasteiger partial charge in [0.15, 0.2) is 6.61 Å². The van der Waals surface area contributed by atoms with Crippen molar-refractivity contribution in [2.45, 2.75) is 24.2 Å². The van der Waals surface area contributed by atoms with Crippen molar-refractivity contribution in [1.82, 2.24) is 4.90 Å². The number of benzene rings is 3. The van der Waals surface area contributed by atoms with Crippen LogP contribution in [0.1, 0.15) is 18.4 Å². The lowest BCUT2D eigenvalue weighted by Gasteiger charge is -2.32. The van der Waals surface area contributed by atoms with Gasteiger partial charge in [0.2, 0.25) is 0 Å². The van der Waals surface area contributed by atoms with Gasteiger partial charge in [-0.1, -0.05) is 48.5 Å². The quantitative estimate of drug-likeness (QED) is 0.482. The highest BCUT2D eigenvalue weighted by Crippen LogP contribution is 2.25. The molecule has 3 aromatic rings. The van der Waals surface area contributed by atoms with Crippen LogP contribution in [0.5, 0.6) is 5.75 Å². The molecule has 1 amide bonds. The third-order valence-electron chi connectivity index (χ3n) is 6.30. The molecule has 6 nitrogen and oxygen atoms in total. The van der Waals surface area contributed by atoms with Gasteiger partial charge in [0, 0.05) is 20.1 Å². The van der Waals surface area contributed by atoms with Crippen molar-refractivity contribution in [2.24, 2.45) is 5.92 Å². The minimum atomic E-state index is -3.64. The van der Waals surface area contributed by atoms with Crippen LogP contribution >= 0.6 is 0 Å². The van der Waals surface area contributed by atoms with Crippen LogP contribution < -0.4 is 9.04 Å². The Morgan fingerprint density at radius 2 is 1.50 bits per heavy atom. The summed E-state index contributed by atoms with van der Waals surface area (Å²) in [6.45, 7) is 1.47. The second-order valence-corrected chi connectivity index (χ2v) is 10.6. The molecule has 0 aromatic heterocycles. The van der Waals surface area contributed by atoms with Crippen LogP contribution in [0, 0.1) is 5.92 Å². The van der Waals surface area contributed by atoms with E-state index in [1.807, 2.05) is 11.0 Å². The average Bonchev–Trinajstić information content (AvgIpc) is 2.88. The topological polar surface area (TPSA) is 66.9 Å². The first-order valence-corrected chi connectivity index (χ1v) is 13.0. The lowest BCUT2D eigenvalue weighted by Crippen LogP contribution is -2.41. The van der Waals surface area contributed by atoms with Gasteiger partial charge in [-0.05, 0) is 67.1 Å². The number of rotatable bonds is 8. The molecule has 0 atom stereocenters. The van der Waals surface area contributed by atoms with Crippen LogP contribution in [-0.2, 0) is 21.2 Å². The van der Waals surface area contributed by atoms with Gasteiger partial charge in [-0.15, -0.1) is 0 Å². The predicted octanol–water partition coefficient (Wildman–Crippen LogP) is 4.37. The van der Waals surface area contributed by atoms with Gasteiger partial charge in [0.05, 0.1) is 10.6 Å². The molecule has 0 spiro atoms. The minimum Gasteiger partial charge on any atom is -0.484 e. The molecule has 1 aliphatic rings. The highest BCUT2D eigenvalue weighted by molar-refractivity contribution is 7.92. The van der Waals surface area contributed by atoms with E-state index >= 15 is 0 Å². The highest BCUT2D eigenvalue weighted by Gasteiger charge is 2.24. The average molecular weight is 479 g/mol. The fourth-order valence-electron chi connectivity index (χ4n) is 4.21. The molecule has 3 aromatic carbocycles. The van der Waals surface area contributed by atoms with Crippen molar-refractivity contribution in [3.05, 3.63) is 90.5 Å². The number of piperidine rings is 1. The van der Waals surface area contributed by atoms with Gasteiger partial charge in [-0.3, -0.25) is 9.10 Å². The molecule has 1 aliphatic heterocycles. The van der Waals surface area contributed by atoms with Crippen molar-refractivity contribution in [3.63, 3.8) is 0 Å². The number of carbonyl (C=O) groups excluding carboxylic acids is 1. The van der Waals surface area contributed by atoms with E-state index in [0.29, 0.717) is 17.4 Å². The van der Waals surface area contributed by atoms with Gasteiger partial charge >= 0.3 is 0 Å². The predicted molar refractivity (Wildman–Crippen MR) is 133 cm³/mol. The highest BCUT2D eigenvalue weighted by atomic mass is 32.2. The first-order chi connectivity index (χ1) is 16.4. The molecule has 4 rings (SSSR count). The minimum absolute atomic E-state index is 0.0222. The van der Waals surface area contributed by atoms with Crippen LogP contribution in [0.25, 0.3) is 0 Å². The van der Waals surface area contributed by atoms with Crippen molar-refractivity contribution >= 4 is 21.6 Å². The number of likely N-dealkylation sites (tertiary alicyclic amines) is 1. The van der Waals surface area contributed by atoms with Gasteiger partial charge in [0.1, 0.15) is 5.75 Å². The Bertz CT molecular complexity index is 1170. The number of ether oxygens (including phenoxy) is 1. The molecule has 7 heteroatoms. The normalized spacial score (nSPS) is 14.6.